The van der Waals surface area contributed by atoms with Gasteiger partial charge in [0.15, 0.2) is 15.8 Å². The normalized spacial score (nSPS) is 19.9. The summed E-state index contributed by atoms with van der Waals surface area (Å²) in [4.78, 5) is 4.16. The molecule has 0 aromatic heterocycles. The van der Waals surface area contributed by atoms with E-state index in [-0.39, 0.29) is 17.5 Å². The van der Waals surface area contributed by atoms with Crippen LogP contribution in [0.15, 0.2) is 29.3 Å². The van der Waals surface area contributed by atoms with Crippen molar-refractivity contribution in [2.45, 2.75) is 32.2 Å². The molecule has 1 atom stereocenters. The van der Waals surface area contributed by atoms with Gasteiger partial charge in [0, 0.05) is 19.6 Å². The number of ether oxygens (including phenoxy) is 1. The van der Waals surface area contributed by atoms with Crippen molar-refractivity contribution in [3.8, 4) is 5.75 Å². The summed E-state index contributed by atoms with van der Waals surface area (Å²) in [5.41, 5.74) is 1.19. The fourth-order valence-corrected chi connectivity index (χ4v) is 4.31. The number of hydrogen-bond acceptors (Lipinski definition) is 4. The molecule has 0 spiro atoms. The first-order chi connectivity index (χ1) is 11.5. The Bertz CT molecular complexity index is 659. The number of rotatable bonds is 7. The van der Waals surface area contributed by atoms with Crippen molar-refractivity contribution in [1.29, 1.82) is 0 Å². The van der Waals surface area contributed by atoms with E-state index < -0.39 is 9.84 Å². The van der Waals surface area contributed by atoms with Crippen molar-refractivity contribution in [2.24, 2.45) is 4.99 Å². The van der Waals surface area contributed by atoms with Crippen LogP contribution in [0.4, 0.5) is 0 Å². The fraction of sp³-hybridized carbons (Fsp3) is 0.588. The molecule has 1 heterocycles. The van der Waals surface area contributed by atoms with E-state index in [1.165, 1.54) is 5.56 Å². The predicted octanol–water partition coefficient (Wildman–Crippen LogP) is 1.37. The molecule has 1 unspecified atom stereocenters. The van der Waals surface area contributed by atoms with Crippen LogP contribution in [-0.2, 0) is 16.3 Å². The standard InChI is InChI=1S/C17H27N3O3S/c1-3-10-23-16-6-4-5-14(12-16)7-9-19-17(18-2)20-15-8-11-24(21,22)13-15/h4-6,12,15H,3,7-11,13H2,1-2H3,(H2,18,19,20). The molecule has 2 N–H and O–H groups in total. The summed E-state index contributed by atoms with van der Waals surface area (Å²) < 4.78 is 28.6. The average Bonchev–Trinajstić information content (AvgIpc) is 2.91. The van der Waals surface area contributed by atoms with Crippen LogP contribution >= 0.6 is 0 Å². The Balaban J connectivity index is 1.78. The first-order valence-electron chi connectivity index (χ1n) is 8.42. The van der Waals surface area contributed by atoms with Gasteiger partial charge < -0.3 is 15.4 Å². The van der Waals surface area contributed by atoms with E-state index in [1.54, 1.807) is 7.05 Å². The van der Waals surface area contributed by atoms with Gasteiger partial charge >= 0.3 is 0 Å². The zero-order valence-electron chi connectivity index (χ0n) is 14.4. The molecule has 1 aromatic carbocycles. The molecule has 24 heavy (non-hydrogen) atoms. The molecule has 1 fully saturated rings. The Morgan fingerprint density at radius 3 is 2.92 bits per heavy atom. The predicted molar refractivity (Wildman–Crippen MR) is 97.5 cm³/mol. The lowest BCUT2D eigenvalue weighted by Crippen LogP contribution is -2.44. The van der Waals surface area contributed by atoms with Crippen LogP contribution in [0.2, 0.25) is 0 Å². The SMILES string of the molecule is CCCOc1cccc(CCNC(=NC)NC2CCS(=O)(=O)C2)c1. The number of nitrogens with one attached hydrogen (secondary N) is 2. The van der Waals surface area contributed by atoms with Crippen LogP contribution < -0.4 is 15.4 Å². The van der Waals surface area contributed by atoms with Gasteiger partial charge in [0.05, 0.1) is 18.1 Å². The maximum atomic E-state index is 11.5. The largest absolute Gasteiger partial charge is 0.494 e. The molecule has 1 aliphatic heterocycles. The highest BCUT2D eigenvalue weighted by Gasteiger charge is 2.28. The first kappa shape index (κ1) is 18.6. The lowest BCUT2D eigenvalue weighted by molar-refractivity contribution is 0.317. The van der Waals surface area contributed by atoms with E-state index in [0.717, 1.165) is 31.7 Å². The molecule has 1 aromatic rings. The summed E-state index contributed by atoms with van der Waals surface area (Å²) in [5.74, 6) is 1.99. The molecule has 0 radical (unpaired) electrons. The molecule has 134 valence electrons. The third kappa shape index (κ3) is 6.03. The summed E-state index contributed by atoms with van der Waals surface area (Å²) in [6.45, 7) is 3.53. The van der Waals surface area contributed by atoms with Gasteiger partial charge in [-0.25, -0.2) is 8.42 Å². The van der Waals surface area contributed by atoms with Crippen LogP contribution in [0.1, 0.15) is 25.3 Å². The quantitative estimate of drug-likeness (QED) is 0.572. The highest BCUT2D eigenvalue weighted by atomic mass is 32.2. The highest BCUT2D eigenvalue weighted by molar-refractivity contribution is 7.91. The van der Waals surface area contributed by atoms with Gasteiger partial charge in [-0.3, -0.25) is 4.99 Å². The molecule has 0 bridgehead atoms. The van der Waals surface area contributed by atoms with Gasteiger partial charge in [0.25, 0.3) is 0 Å². The minimum atomic E-state index is -2.88. The first-order valence-corrected chi connectivity index (χ1v) is 10.2. The topological polar surface area (TPSA) is 79.8 Å². The summed E-state index contributed by atoms with van der Waals surface area (Å²) in [6, 6.07) is 8.04. The highest BCUT2D eigenvalue weighted by Crippen LogP contribution is 2.14. The van der Waals surface area contributed by atoms with Gasteiger partial charge in [-0.2, -0.15) is 0 Å². The third-order valence-electron chi connectivity index (χ3n) is 3.87. The molecule has 2 rings (SSSR count). The van der Waals surface area contributed by atoms with Gasteiger partial charge in [0.2, 0.25) is 0 Å². The fourth-order valence-electron chi connectivity index (χ4n) is 2.63. The Kier molecular flexibility index (Phi) is 6.90. The van der Waals surface area contributed by atoms with E-state index in [9.17, 15) is 8.42 Å². The molecule has 7 heteroatoms. The summed E-state index contributed by atoms with van der Waals surface area (Å²) in [6.07, 6.45) is 2.47. The van der Waals surface area contributed by atoms with Crippen LogP contribution in [0.3, 0.4) is 0 Å². The molecule has 1 aliphatic rings. The maximum absolute atomic E-state index is 11.5. The molecule has 0 saturated carbocycles. The number of nitrogens with zero attached hydrogens (tertiary/aromatic N) is 1. The Morgan fingerprint density at radius 1 is 1.42 bits per heavy atom. The summed E-state index contributed by atoms with van der Waals surface area (Å²) in [7, 11) is -1.19. The minimum absolute atomic E-state index is 0.0491. The minimum Gasteiger partial charge on any atom is -0.494 e. The second kappa shape index (κ2) is 8.92. The molecular weight excluding hydrogens is 326 g/mol. The van der Waals surface area contributed by atoms with Crippen molar-refractivity contribution >= 4 is 15.8 Å². The Morgan fingerprint density at radius 2 is 2.25 bits per heavy atom. The number of hydrogen-bond donors (Lipinski definition) is 2. The van der Waals surface area contributed by atoms with E-state index in [1.807, 2.05) is 12.1 Å². The number of aliphatic imine (C=N–C) groups is 1. The van der Waals surface area contributed by atoms with E-state index in [2.05, 4.69) is 34.7 Å². The molecular formula is C17H27N3O3S. The Hall–Kier alpha value is -1.76. The van der Waals surface area contributed by atoms with Gasteiger partial charge in [-0.15, -0.1) is 0 Å². The van der Waals surface area contributed by atoms with Crippen LogP contribution in [-0.4, -0.2) is 52.1 Å². The van der Waals surface area contributed by atoms with E-state index in [4.69, 9.17) is 4.74 Å². The molecule has 1 saturated heterocycles. The van der Waals surface area contributed by atoms with E-state index >= 15 is 0 Å². The van der Waals surface area contributed by atoms with E-state index in [0.29, 0.717) is 12.4 Å². The van der Waals surface area contributed by atoms with Crippen LogP contribution in [0.25, 0.3) is 0 Å². The number of benzene rings is 1. The third-order valence-corrected chi connectivity index (χ3v) is 5.64. The van der Waals surface area contributed by atoms with Crippen LogP contribution in [0.5, 0.6) is 5.75 Å². The monoisotopic (exact) mass is 353 g/mol. The average molecular weight is 353 g/mol. The van der Waals surface area contributed by atoms with Crippen molar-refractivity contribution in [2.75, 3.05) is 31.7 Å². The number of sulfone groups is 1. The number of guanidine groups is 1. The van der Waals surface area contributed by atoms with Crippen molar-refractivity contribution in [3.05, 3.63) is 29.8 Å². The lowest BCUT2D eigenvalue weighted by atomic mass is 10.1. The molecule has 0 amide bonds. The Labute approximate surface area is 144 Å². The van der Waals surface area contributed by atoms with Crippen LogP contribution in [0, 0.1) is 0 Å². The summed E-state index contributed by atoms with van der Waals surface area (Å²) in [5, 5.41) is 6.42. The van der Waals surface area contributed by atoms with Gasteiger partial charge in [-0.1, -0.05) is 19.1 Å². The second-order valence-corrected chi connectivity index (χ2v) is 8.22. The van der Waals surface area contributed by atoms with Gasteiger partial charge in [-0.05, 0) is 37.0 Å². The lowest BCUT2D eigenvalue weighted by Gasteiger charge is -2.16. The molecule has 0 aliphatic carbocycles. The van der Waals surface area contributed by atoms with Gasteiger partial charge in [0.1, 0.15) is 5.75 Å². The van der Waals surface area contributed by atoms with Crippen molar-refractivity contribution < 1.29 is 13.2 Å². The zero-order chi connectivity index (χ0) is 17.4. The summed E-state index contributed by atoms with van der Waals surface area (Å²) >= 11 is 0. The maximum Gasteiger partial charge on any atom is 0.191 e. The smallest absolute Gasteiger partial charge is 0.191 e. The van der Waals surface area contributed by atoms with Crippen molar-refractivity contribution in [1.82, 2.24) is 10.6 Å². The zero-order valence-corrected chi connectivity index (χ0v) is 15.2. The molecule has 6 nitrogen and oxygen atoms in total. The second-order valence-electron chi connectivity index (χ2n) is 5.99. The van der Waals surface area contributed by atoms with Crippen molar-refractivity contribution in [3.63, 3.8) is 0 Å².